The molecule has 1 atom stereocenters. The molecule has 1 aliphatic rings. The van der Waals surface area contributed by atoms with Gasteiger partial charge in [-0.05, 0) is 25.0 Å². The smallest absolute Gasteiger partial charge is 0.305 e. The minimum atomic E-state index is -0.743. The van der Waals surface area contributed by atoms with Gasteiger partial charge in [-0.25, -0.2) is 0 Å². The molecule has 2 N–H and O–H groups in total. The van der Waals surface area contributed by atoms with Crippen molar-refractivity contribution < 1.29 is 9.90 Å². The first-order valence-corrected chi connectivity index (χ1v) is 4.73. The number of fused-ring (bicyclic) bond motifs is 1. The van der Waals surface area contributed by atoms with E-state index in [0.29, 0.717) is 0 Å². The Bertz CT molecular complexity index is 374. The maximum atomic E-state index is 10.5. The molecule has 0 saturated heterocycles. The third-order valence-corrected chi connectivity index (χ3v) is 2.51. The van der Waals surface area contributed by atoms with E-state index in [1.807, 2.05) is 19.1 Å². The average Bonchev–Trinajstić information content (AvgIpc) is 2.44. The van der Waals surface area contributed by atoms with Crippen LogP contribution in [0.5, 0.6) is 0 Å². The van der Waals surface area contributed by atoms with Gasteiger partial charge in [0.1, 0.15) is 0 Å². The van der Waals surface area contributed by atoms with Crippen molar-refractivity contribution in [3.05, 3.63) is 29.3 Å². The SMILES string of the molecule is Cc1ccc2c(c1)CC(CC(=O)O)N2. The molecule has 1 aromatic carbocycles. The summed E-state index contributed by atoms with van der Waals surface area (Å²) in [6.07, 6.45) is 1.01. The Morgan fingerprint density at radius 3 is 3.14 bits per heavy atom. The Morgan fingerprint density at radius 1 is 1.64 bits per heavy atom. The molecule has 3 nitrogen and oxygen atoms in total. The molecular weight excluding hydrogens is 178 g/mol. The molecule has 1 aromatic rings. The van der Waals surface area contributed by atoms with Crippen LogP contribution in [0.2, 0.25) is 0 Å². The van der Waals surface area contributed by atoms with Crippen LogP contribution in [0.1, 0.15) is 17.5 Å². The highest BCUT2D eigenvalue weighted by molar-refractivity contribution is 5.70. The van der Waals surface area contributed by atoms with Crippen LogP contribution in [0.4, 0.5) is 5.69 Å². The second-order valence-electron chi connectivity index (χ2n) is 3.80. The van der Waals surface area contributed by atoms with Crippen molar-refractivity contribution in [2.75, 3.05) is 5.32 Å². The number of anilines is 1. The monoisotopic (exact) mass is 191 g/mol. The lowest BCUT2D eigenvalue weighted by molar-refractivity contribution is -0.137. The van der Waals surface area contributed by atoms with Crippen molar-refractivity contribution in [3.63, 3.8) is 0 Å². The topological polar surface area (TPSA) is 49.3 Å². The summed E-state index contributed by atoms with van der Waals surface area (Å²) in [6.45, 7) is 2.05. The summed E-state index contributed by atoms with van der Waals surface area (Å²) < 4.78 is 0. The molecule has 0 aliphatic carbocycles. The van der Waals surface area contributed by atoms with E-state index in [-0.39, 0.29) is 12.5 Å². The van der Waals surface area contributed by atoms with Gasteiger partial charge in [-0.3, -0.25) is 4.79 Å². The van der Waals surface area contributed by atoms with E-state index in [1.165, 1.54) is 11.1 Å². The number of carboxylic acids is 1. The quantitative estimate of drug-likeness (QED) is 0.749. The summed E-state index contributed by atoms with van der Waals surface area (Å²) in [5, 5.41) is 11.9. The molecule has 14 heavy (non-hydrogen) atoms. The van der Waals surface area contributed by atoms with E-state index >= 15 is 0 Å². The van der Waals surface area contributed by atoms with Crippen LogP contribution in [0.15, 0.2) is 18.2 Å². The first-order chi connectivity index (χ1) is 6.65. The number of benzene rings is 1. The maximum absolute atomic E-state index is 10.5. The number of hydrogen-bond donors (Lipinski definition) is 2. The van der Waals surface area contributed by atoms with Crippen LogP contribution in [-0.2, 0) is 11.2 Å². The second kappa shape index (κ2) is 3.33. The van der Waals surface area contributed by atoms with Crippen LogP contribution < -0.4 is 5.32 Å². The van der Waals surface area contributed by atoms with Gasteiger partial charge in [0.15, 0.2) is 0 Å². The van der Waals surface area contributed by atoms with Gasteiger partial charge in [0.25, 0.3) is 0 Å². The fourth-order valence-corrected chi connectivity index (χ4v) is 1.90. The van der Waals surface area contributed by atoms with Gasteiger partial charge in [-0.1, -0.05) is 17.7 Å². The minimum absolute atomic E-state index is 0.0595. The summed E-state index contributed by atoms with van der Waals surface area (Å²) >= 11 is 0. The van der Waals surface area contributed by atoms with Crippen LogP contribution in [-0.4, -0.2) is 17.1 Å². The van der Waals surface area contributed by atoms with Crippen molar-refractivity contribution in [3.8, 4) is 0 Å². The van der Waals surface area contributed by atoms with E-state index in [1.54, 1.807) is 0 Å². The standard InChI is InChI=1S/C11H13NO2/c1-7-2-3-10-8(4-7)5-9(12-10)6-11(13)14/h2-4,9,12H,5-6H2,1H3,(H,13,14). The lowest BCUT2D eigenvalue weighted by atomic mass is 10.1. The van der Waals surface area contributed by atoms with Crippen molar-refractivity contribution in [2.45, 2.75) is 25.8 Å². The molecule has 3 heteroatoms. The van der Waals surface area contributed by atoms with Gasteiger partial charge in [-0.2, -0.15) is 0 Å². The summed E-state index contributed by atoms with van der Waals surface area (Å²) in [5.74, 6) is -0.743. The minimum Gasteiger partial charge on any atom is -0.481 e. The summed E-state index contributed by atoms with van der Waals surface area (Å²) in [6, 6.07) is 6.23. The zero-order valence-corrected chi connectivity index (χ0v) is 8.08. The van der Waals surface area contributed by atoms with Crippen LogP contribution in [0.25, 0.3) is 0 Å². The average molecular weight is 191 g/mol. The van der Waals surface area contributed by atoms with Crippen LogP contribution in [0.3, 0.4) is 0 Å². The zero-order chi connectivity index (χ0) is 10.1. The lowest BCUT2D eigenvalue weighted by Gasteiger charge is -2.06. The molecule has 1 heterocycles. The first-order valence-electron chi connectivity index (χ1n) is 4.73. The van der Waals surface area contributed by atoms with Crippen molar-refractivity contribution in [1.82, 2.24) is 0 Å². The number of aliphatic carboxylic acids is 1. The van der Waals surface area contributed by atoms with Crippen molar-refractivity contribution >= 4 is 11.7 Å². The third kappa shape index (κ3) is 1.71. The Labute approximate surface area is 82.8 Å². The maximum Gasteiger partial charge on any atom is 0.305 e. The van der Waals surface area contributed by atoms with Crippen LogP contribution in [0, 0.1) is 6.92 Å². The summed E-state index contributed by atoms with van der Waals surface area (Å²) in [4.78, 5) is 10.5. The van der Waals surface area contributed by atoms with Gasteiger partial charge >= 0.3 is 5.97 Å². The summed E-state index contributed by atoms with van der Waals surface area (Å²) in [5.41, 5.74) is 3.54. The normalized spacial score (nSPS) is 18.8. The molecule has 0 radical (unpaired) electrons. The molecule has 74 valence electrons. The van der Waals surface area contributed by atoms with E-state index in [2.05, 4.69) is 11.4 Å². The van der Waals surface area contributed by atoms with Gasteiger partial charge in [0.05, 0.1) is 6.42 Å². The molecule has 0 bridgehead atoms. The lowest BCUT2D eigenvalue weighted by Crippen LogP contribution is -2.19. The molecule has 2 rings (SSSR count). The number of carboxylic acid groups (broad SMARTS) is 1. The van der Waals surface area contributed by atoms with Crippen LogP contribution >= 0.6 is 0 Å². The molecular formula is C11H13NO2. The first kappa shape index (κ1) is 9.06. The highest BCUT2D eigenvalue weighted by Gasteiger charge is 2.22. The molecule has 0 spiro atoms. The Balaban J connectivity index is 2.14. The Morgan fingerprint density at radius 2 is 2.43 bits per heavy atom. The van der Waals surface area contributed by atoms with Gasteiger partial charge < -0.3 is 10.4 Å². The Hall–Kier alpha value is -1.51. The molecule has 1 unspecified atom stereocenters. The second-order valence-corrected chi connectivity index (χ2v) is 3.80. The van der Waals surface area contributed by atoms with E-state index < -0.39 is 5.97 Å². The number of aryl methyl sites for hydroxylation is 1. The predicted octanol–water partition coefficient (Wildman–Crippen LogP) is 1.81. The van der Waals surface area contributed by atoms with Gasteiger partial charge in [0, 0.05) is 11.7 Å². The largest absolute Gasteiger partial charge is 0.481 e. The number of nitrogens with one attached hydrogen (secondary N) is 1. The highest BCUT2D eigenvalue weighted by atomic mass is 16.4. The van der Waals surface area contributed by atoms with E-state index in [9.17, 15) is 4.79 Å². The molecule has 1 aliphatic heterocycles. The zero-order valence-electron chi connectivity index (χ0n) is 8.08. The highest BCUT2D eigenvalue weighted by Crippen LogP contribution is 2.27. The Kier molecular flexibility index (Phi) is 2.15. The fourth-order valence-electron chi connectivity index (χ4n) is 1.90. The van der Waals surface area contributed by atoms with Crippen molar-refractivity contribution in [2.24, 2.45) is 0 Å². The van der Waals surface area contributed by atoms with Gasteiger partial charge in [0.2, 0.25) is 0 Å². The fraction of sp³-hybridized carbons (Fsp3) is 0.364. The molecule has 0 saturated carbocycles. The number of rotatable bonds is 2. The van der Waals surface area contributed by atoms with Crippen molar-refractivity contribution in [1.29, 1.82) is 0 Å². The molecule has 0 fully saturated rings. The number of carbonyl (C=O) groups is 1. The van der Waals surface area contributed by atoms with E-state index in [0.717, 1.165) is 12.1 Å². The third-order valence-electron chi connectivity index (χ3n) is 2.51. The van der Waals surface area contributed by atoms with Gasteiger partial charge in [-0.15, -0.1) is 0 Å². The number of hydrogen-bond acceptors (Lipinski definition) is 2. The summed E-state index contributed by atoms with van der Waals surface area (Å²) in [7, 11) is 0. The molecule has 0 aromatic heterocycles. The predicted molar refractivity (Wildman–Crippen MR) is 54.5 cm³/mol. The van der Waals surface area contributed by atoms with E-state index in [4.69, 9.17) is 5.11 Å². The molecule has 0 amide bonds.